The quantitative estimate of drug-likeness (QED) is 0.841. The predicted octanol–water partition coefficient (Wildman–Crippen LogP) is 2.58. The molecule has 104 valence electrons. The number of aromatic nitrogens is 3. The largest absolute Gasteiger partial charge is 0.301 e. The third-order valence-corrected chi connectivity index (χ3v) is 3.03. The number of nitrogens with zero attached hydrogens (tertiary/aromatic N) is 3. The monoisotopic (exact) mass is 262 g/mol. The molecule has 2 heterocycles. The molecule has 0 spiro atoms. The van der Waals surface area contributed by atoms with Gasteiger partial charge in [-0.1, -0.05) is 13.8 Å². The molecule has 0 bridgehead atoms. The molecule has 2 aromatic heterocycles. The lowest BCUT2D eigenvalue weighted by Crippen LogP contribution is -2.23. The fourth-order valence-corrected chi connectivity index (χ4v) is 2.00. The smallest absolute Gasteiger partial charge is 0.155 e. The van der Waals surface area contributed by atoms with Crippen LogP contribution in [0.5, 0.6) is 0 Å². The summed E-state index contributed by atoms with van der Waals surface area (Å²) in [6.45, 7) is 11.0. The van der Waals surface area contributed by atoms with Gasteiger partial charge in [-0.15, -0.1) is 0 Å². The molecule has 0 aliphatic carbocycles. The molecule has 2 aromatic rings. The van der Waals surface area contributed by atoms with E-state index in [-0.39, 0.29) is 6.04 Å². The summed E-state index contributed by atoms with van der Waals surface area (Å²) in [6.07, 6.45) is 1.89. The zero-order valence-corrected chi connectivity index (χ0v) is 12.3. The Kier molecular flexibility index (Phi) is 4.17. The van der Waals surface area contributed by atoms with E-state index in [1.807, 2.05) is 23.7 Å². The van der Waals surface area contributed by atoms with E-state index in [4.69, 9.17) is 4.84 Å². The molecule has 0 aromatic carbocycles. The molecule has 0 fully saturated rings. The SMILES string of the molecule is Cc1cc2ncc(C(C)NOCC(C)C)c(C)n2n1. The lowest BCUT2D eigenvalue weighted by atomic mass is 10.1. The van der Waals surface area contributed by atoms with Crippen LogP contribution in [0.3, 0.4) is 0 Å². The number of nitrogens with one attached hydrogen (secondary N) is 1. The Labute approximate surface area is 113 Å². The number of hydrogen-bond acceptors (Lipinski definition) is 4. The number of hydrogen-bond donors (Lipinski definition) is 1. The first-order valence-electron chi connectivity index (χ1n) is 6.68. The summed E-state index contributed by atoms with van der Waals surface area (Å²) < 4.78 is 1.88. The Hall–Kier alpha value is -1.46. The summed E-state index contributed by atoms with van der Waals surface area (Å²) in [5, 5.41) is 4.45. The van der Waals surface area contributed by atoms with Gasteiger partial charge in [0.2, 0.25) is 0 Å². The fourth-order valence-electron chi connectivity index (χ4n) is 2.00. The second-order valence-electron chi connectivity index (χ2n) is 5.40. The van der Waals surface area contributed by atoms with E-state index in [0.29, 0.717) is 12.5 Å². The van der Waals surface area contributed by atoms with E-state index >= 15 is 0 Å². The van der Waals surface area contributed by atoms with Gasteiger partial charge in [-0.3, -0.25) is 0 Å². The maximum atomic E-state index is 5.48. The summed E-state index contributed by atoms with van der Waals surface area (Å²) in [7, 11) is 0. The van der Waals surface area contributed by atoms with Gasteiger partial charge in [-0.25, -0.2) is 9.50 Å². The highest BCUT2D eigenvalue weighted by Crippen LogP contribution is 2.18. The summed E-state index contributed by atoms with van der Waals surface area (Å²) in [5.74, 6) is 0.509. The van der Waals surface area contributed by atoms with Crippen molar-refractivity contribution < 1.29 is 4.84 Å². The highest BCUT2D eigenvalue weighted by Gasteiger charge is 2.13. The van der Waals surface area contributed by atoms with Crippen LogP contribution >= 0.6 is 0 Å². The van der Waals surface area contributed by atoms with E-state index in [2.05, 4.69) is 43.3 Å². The van der Waals surface area contributed by atoms with Crippen LogP contribution in [0.4, 0.5) is 0 Å². The lowest BCUT2D eigenvalue weighted by Gasteiger charge is -2.17. The third-order valence-electron chi connectivity index (χ3n) is 3.03. The van der Waals surface area contributed by atoms with E-state index in [1.54, 1.807) is 0 Å². The van der Waals surface area contributed by atoms with Crippen LogP contribution in [-0.4, -0.2) is 21.2 Å². The minimum atomic E-state index is 0.0835. The van der Waals surface area contributed by atoms with Crippen LogP contribution in [0.1, 0.15) is 43.8 Å². The Morgan fingerprint density at radius 2 is 2.05 bits per heavy atom. The van der Waals surface area contributed by atoms with Gasteiger partial charge in [0, 0.05) is 23.5 Å². The molecule has 5 heteroatoms. The van der Waals surface area contributed by atoms with Crippen molar-refractivity contribution in [2.45, 2.75) is 40.7 Å². The Balaban J connectivity index is 2.17. The van der Waals surface area contributed by atoms with Crippen molar-refractivity contribution in [3.8, 4) is 0 Å². The Bertz CT molecular complexity index is 562. The third kappa shape index (κ3) is 3.11. The molecule has 0 saturated carbocycles. The molecule has 5 nitrogen and oxygen atoms in total. The summed E-state index contributed by atoms with van der Waals surface area (Å²) in [4.78, 5) is 9.91. The first-order valence-corrected chi connectivity index (χ1v) is 6.68. The first kappa shape index (κ1) is 14.0. The zero-order valence-electron chi connectivity index (χ0n) is 12.3. The van der Waals surface area contributed by atoms with Crippen molar-refractivity contribution in [1.29, 1.82) is 0 Å². The molecule has 1 atom stereocenters. The molecule has 0 aliphatic rings. The highest BCUT2D eigenvalue weighted by molar-refractivity contribution is 5.42. The van der Waals surface area contributed by atoms with E-state index < -0.39 is 0 Å². The van der Waals surface area contributed by atoms with Crippen LogP contribution in [0.2, 0.25) is 0 Å². The topological polar surface area (TPSA) is 51.5 Å². The molecule has 1 N–H and O–H groups in total. The van der Waals surface area contributed by atoms with Crippen molar-refractivity contribution in [2.75, 3.05) is 6.61 Å². The second kappa shape index (κ2) is 5.67. The van der Waals surface area contributed by atoms with Crippen molar-refractivity contribution in [1.82, 2.24) is 20.1 Å². The molecule has 0 radical (unpaired) electrons. The van der Waals surface area contributed by atoms with E-state index in [9.17, 15) is 0 Å². The van der Waals surface area contributed by atoms with Crippen LogP contribution < -0.4 is 5.48 Å². The normalized spacial score (nSPS) is 13.4. The number of hydroxylamine groups is 1. The van der Waals surface area contributed by atoms with Crippen molar-refractivity contribution in [2.24, 2.45) is 5.92 Å². The molecular weight excluding hydrogens is 240 g/mol. The summed E-state index contributed by atoms with van der Waals surface area (Å²) in [5.41, 5.74) is 7.11. The summed E-state index contributed by atoms with van der Waals surface area (Å²) >= 11 is 0. The average molecular weight is 262 g/mol. The van der Waals surface area contributed by atoms with Crippen LogP contribution in [0, 0.1) is 19.8 Å². The van der Waals surface area contributed by atoms with Crippen LogP contribution in [0.25, 0.3) is 5.65 Å². The number of rotatable bonds is 5. The summed E-state index contributed by atoms with van der Waals surface area (Å²) in [6, 6.07) is 2.06. The van der Waals surface area contributed by atoms with Crippen molar-refractivity contribution >= 4 is 5.65 Å². The second-order valence-corrected chi connectivity index (χ2v) is 5.40. The maximum absolute atomic E-state index is 5.48. The van der Waals surface area contributed by atoms with Gasteiger partial charge in [-0.05, 0) is 26.7 Å². The average Bonchev–Trinajstić information content (AvgIpc) is 2.70. The van der Waals surface area contributed by atoms with Gasteiger partial charge in [0.15, 0.2) is 5.65 Å². The fraction of sp³-hybridized carbons (Fsp3) is 0.571. The van der Waals surface area contributed by atoms with Gasteiger partial charge in [-0.2, -0.15) is 10.6 Å². The number of fused-ring (bicyclic) bond motifs is 1. The minimum absolute atomic E-state index is 0.0835. The molecule has 1 unspecified atom stereocenters. The molecule has 2 rings (SSSR count). The van der Waals surface area contributed by atoms with Gasteiger partial charge in [0.25, 0.3) is 0 Å². The molecule has 0 amide bonds. The van der Waals surface area contributed by atoms with E-state index in [0.717, 1.165) is 22.6 Å². The van der Waals surface area contributed by atoms with E-state index in [1.165, 1.54) is 0 Å². The first-order chi connectivity index (χ1) is 8.99. The lowest BCUT2D eigenvalue weighted by molar-refractivity contribution is 0.00381. The van der Waals surface area contributed by atoms with Gasteiger partial charge in [0.1, 0.15) is 0 Å². The van der Waals surface area contributed by atoms with Crippen LogP contribution in [-0.2, 0) is 4.84 Å². The Morgan fingerprint density at radius 1 is 1.32 bits per heavy atom. The predicted molar refractivity (Wildman–Crippen MR) is 74.8 cm³/mol. The highest BCUT2D eigenvalue weighted by atomic mass is 16.6. The van der Waals surface area contributed by atoms with Crippen molar-refractivity contribution in [3.05, 3.63) is 29.2 Å². The standard InChI is InChI=1S/C14H22N4O/c1-9(2)8-19-17-11(4)13-7-15-14-6-10(3)16-18(14)12(13)5/h6-7,9,11,17H,8H2,1-5H3. The maximum Gasteiger partial charge on any atom is 0.155 e. The zero-order chi connectivity index (χ0) is 14.0. The van der Waals surface area contributed by atoms with Gasteiger partial charge < -0.3 is 4.84 Å². The van der Waals surface area contributed by atoms with Gasteiger partial charge in [0.05, 0.1) is 18.3 Å². The molecule has 0 aliphatic heterocycles. The van der Waals surface area contributed by atoms with Crippen LogP contribution in [0.15, 0.2) is 12.3 Å². The molecule has 19 heavy (non-hydrogen) atoms. The molecule has 0 saturated heterocycles. The number of aryl methyl sites for hydroxylation is 2. The van der Waals surface area contributed by atoms with Crippen molar-refractivity contribution in [3.63, 3.8) is 0 Å². The Morgan fingerprint density at radius 3 is 2.74 bits per heavy atom. The minimum Gasteiger partial charge on any atom is -0.301 e. The molecular formula is C14H22N4O. The van der Waals surface area contributed by atoms with Gasteiger partial charge >= 0.3 is 0 Å².